The largest absolute Gasteiger partial charge is 0.489 e. The molecular formula is C11H8BrClOS. The van der Waals surface area contributed by atoms with E-state index in [-0.39, 0.29) is 0 Å². The Hall–Kier alpha value is -0.510. The number of hydrogen-bond acceptors (Lipinski definition) is 2. The van der Waals surface area contributed by atoms with E-state index >= 15 is 0 Å². The second-order valence-corrected chi connectivity index (χ2v) is 5.05. The summed E-state index contributed by atoms with van der Waals surface area (Å²) in [6.45, 7) is 0.518. The van der Waals surface area contributed by atoms with Crippen molar-refractivity contribution in [2.24, 2.45) is 0 Å². The second-order valence-electron chi connectivity index (χ2n) is 2.99. The average molecular weight is 304 g/mol. The Bertz CT molecular complexity index is 438. The van der Waals surface area contributed by atoms with Gasteiger partial charge in [-0.3, -0.25) is 0 Å². The molecule has 0 saturated carbocycles. The van der Waals surface area contributed by atoms with Crippen LogP contribution in [-0.2, 0) is 6.61 Å². The van der Waals surface area contributed by atoms with Gasteiger partial charge in [0.15, 0.2) is 0 Å². The van der Waals surface area contributed by atoms with E-state index in [0.29, 0.717) is 6.61 Å². The zero-order chi connectivity index (χ0) is 10.7. The Labute approximate surface area is 106 Å². The van der Waals surface area contributed by atoms with Crippen LogP contribution in [0.4, 0.5) is 0 Å². The molecule has 1 aromatic carbocycles. The Morgan fingerprint density at radius 3 is 2.53 bits per heavy atom. The molecule has 0 bridgehead atoms. The smallest absolute Gasteiger partial charge is 0.119 e. The summed E-state index contributed by atoms with van der Waals surface area (Å²) in [7, 11) is 0. The van der Waals surface area contributed by atoms with Gasteiger partial charge in [0, 0.05) is 15.4 Å². The Morgan fingerprint density at radius 1 is 1.20 bits per heavy atom. The summed E-state index contributed by atoms with van der Waals surface area (Å²) in [5.41, 5.74) is 1.03. The number of hydrogen-bond donors (Lipinski definition) is 0. The predicted molar refractivity (Wildman–Crippen MR) is 67.8 cm³/mol. The minimum atomic E-state index is 0.518. The Morgan fingerprint density at radius 2 is 1.93 bits per heavy atom. The molecule has 0 unspecified atom stereocenters. The third-order valence-electron chi connectivity index (χ3n) is 1.90. The van der Waals surface area contributed by atoms with Crippen molar-refractivity contribution in [3.63, 3.8) is 0 Å². The van der Waals surface area contributed by atoms with Crippen molar-refractivity contribution in [3.05, 3.63) is 50.1 Å². The van der Waals surface area contributed by atoms with E-state index in [4.69, 9.17) is 16.3 Å². The first-order valence-corrected chi connectivity index (χ1v) is 6.46. The van der Waals surface area contributed by atoms with Gasteiger partial charge in [0.1, 0.15) is 12.4 Å². The van der Waals surface area contributed by atoms with Crippen molar-refractivity contribution in [3.8, 4) is 5.75 Å². The lowest BCUT2D eigenvalue weighted by atomic mass is 10.3. The van der Waals surface area contributed by atoms with Crippen LogP contribution in [0.5, 0.6) is 5.75 Å². The zero-order valence-corrected chi connectivity index (χ0v) is 10.9. The van der Waals surface area contributed by atoms with Crippen LogP contribution in [0.3, 0.4) is 0 Å². The number of thiophene rings is 1. The van der Waals surface area contributed by atoms with Crippen molar-refractivity contribution >= 4 is 38.9 Å². The third kappa shape index (κ3) is 2.97. The van der Waals surface area contributed by atoms with Gasteiger partial charge in [-0.15, -0.1) is 0 Å². The molecule has 0 aliphatic heterocycles. The molecule has 1 aromatic heterocycles. The summed E-state index contributed by atoms with van der Waals surface area (Å²) in [4.78, 5) is 0. The van der Waals surface area contributed by atoms with Crippen LogP contribution in [0.15, 0.2) is 39.5 Å². The molecule has 78 valence electrons. The fraction of sp³-hybridized carbons (Fsp3) is 0.0909. The highest BCUT2D eigenvalue weighted by atomic mass is 79.9. The van der Waals surface area contributed by atoms with Gasteiger partial charge >= 0.3 is 0 Å². The van der Waals surface area contributed by atoms with Crippen LogP contribution in [0.1, 0.15) is 5.56 Å². The fourth-order valence-corrected chi connectivity index (χ4v) is 2.39. The van der Waals surface area contributed by atoms with E-state index in [1.165, 1.54) is 0 Å². The van der Waals surface area contributed by atoms with Crippen LogP contribution in [0.25, 0.3) is 0 Å². The zero-order valence-electron chi connectivity index (χ0n) is 7.74. The van der Waals surface area contributed by atoms with Gasteiger partial charge < -0.3 is 4.74 Å². The first-order chi connectivity index (χ1) is 7.25. The maximum absolute atomic E-state index is 5.95. The van der Waals surface area contributed by atoms with Gasteiger partial charge in [-0.05, 0) is 29.6 Å². The van der Waals surface area contributed by atoms with Gasteiger partial charge in [-0.25, -0.2) is 0 Å². The van der Waals surface area contributed by atoms with Gasteiger partial charge in [0.05, 0.1) is 5.02 Å². The minimum Gasteiger partial charge on any atom is -0.489 e. The topological polar surface area (TPSA) is 9.23 Å². The van der Waals surface area contributed by atoms with Crippen LogP contribution >= 0.6 is 38.9 Å². The van der Waals surface area contributed by atoms with E-state index < -0.39 is 0 Å². The molecule has 0 amide bonds. The van der Waals surface area contributed by atoms with E-state index in [1.807, 2.05) is 35.0 Å². The molecule has 1 nitrogen and oxygen atoms in total. The van der Waals surface area contributed by atoms with Crippen molar-refractivity contribution in [1.29, 1.82) is 0 Å². The summed E-state index contributed by atoms with van der Waals surface area (Å²) in [5.74, 6) is 0.848. The maximum atomic E-state index is 5.95. The number of ether oxygens (including phenoxy) is 1. The molecule has 0 aliphatic carbocycles. The van der Waals surface area contributed by atoms with Crippen LogP contribution in [0, 0.1) is 0 Å². The molecule has 2 aromatic rings. The molecule has 15 heavy (non-hydrogen) atoms. The second kappa shape index (κ2) is 5.01. The van der Waals surface area contributed by atoms with Crippen LogP contribution in [0.2, 0.25) is 5.02 Å². The molecule has 0 fully saturated rings. The lowest BCUT2D eigenvalue weighted by molar-refractivity contribution is 0.307. The summed E-state index contributed by atoms with van der Waals surface area (Å²) in [6, 6.07) is 7.74. The van der Waals surface area contributed by atoms with Crippen LogP contribution < -0.4 is 4.74 Å². The molecule has 1 heterocycles. The third-order valence-corrected chi connectivity index (χ3v) is 3.70. The first-order valence-electron chi connectivity index (χ1n) is 4.34. The quantitative estimate of drug-likeness (QED) is 0.795. The lowest BCUT2D eigenvalue weighted by Crippen LogP contribution is -1.93. The fourth-order valence-electron chi connectivity index (χ4n) is 1.10. The highest BCUT2D eigenvalue weighted by molar-refractivity contribution is 9.10. The standard InChI is InChI=1S/C11H8BrClOS/c12-9-1-3-10(4-2-9)14-5-8-6-15-7-11(8)13/h1-4,6-7H,5H2. The molecule has 0 saturated heterocycles. The summed E-state index contributed by atoms with van der Waals surface area (Å²) in [5, 5.41) is 4.68. The molecule has 4 heteroatoms. The monoisotopic (exact) mass is 302 g/mol. The van der Waals surface area contributed by atoms with Crippen molar-refractivity contribution in [1.82, 2.24) is 0 Å². The van der Waals surface area contributed by atoms with Gasteiger partial charge in [0.25, 0.3) is 0 Å². The van der Waals surface area contributed by atoms with Crippen molar-refractivity contribution in [2.45, 2.75) is 6.61 Å². The van der Waals surface area contributed by atoms with Crippen LogP contribution in [-0.4, -0.2) is 0 Å². The normalized spacial score (nSPS) is 10.3. The average Bonchev–Trinajstić information content (AvgIpc) is 2.63. The highest BCUT2D eigenvalue weighted by Crippen LogP contribution is 2.23. The Kier molecular flexibility index (Phi) is 3.67. The van der Waals surface area contributed by atoms with Gasteiger partial charge in [-0.2, -0.15) is 11.3 Å². The maximum Gasteiger partial charge on any atom is 0.119 e. The number of benzene rings is 1. The number of halogens is 2. The van der Waals surface area contributed by atoms with Gasteiger partial charge in [0.2, 0.25) is 0 Å². The predicted octanol–water partition coefficient (Wildman–Crippen LogP) is 4.74. The summed E-state index contributed by atoms with van der Waals surface area (Å²) < 4.78 is 6.63. The molecule has 0 radical (unpaired) electrons. The molecule has 0 aliphatic rings. The molecular weight excluding hydrogens is 296 g/mol. The highest BCUT2D eigenvalue weighted by Gasteiger charge is 2.01. The minimum absolute atomic E-state index is 0.518. The van der Waals surface area contributed by atoms with E-state index in [9.17, 15) is 0 Å². The Balaban J connectivity index is 1.99. The summed E-state index contributed by atoms with van der Waals surface area (Å²) >= 11 is 10.9. The van der Waals surface area contributed by atoms with Gasteiger partial charge in [-0.1, -0.05) is 27.5 Å². The summed E-state index contributed by atoms with van der Waals surface area (Å²) in [6.07, 6.45) is 0. The first kappa shape index (κ1) is 11.0. The molecule has 0 atom stereocenters. The lowest BCUT2D eigenvalue weighted by Gasteiger charge is -2.04. The van der Waals surface area contributed by atoms with E-state index in [2.05, 4.69) is 15.9 Å². The van der Waals surface area contributed by atoms with E-state index in [0.717, 1.165) is 20.8 Å². The molecule has 0 N–H and O–H groups in total. The van der Waals surface area contributed by atoms with Crippen molar-refractivity contribution < 1.29 is 4.74 Å². The van der Waals surface area contributed by atoms with Crippen molar-refractivity contribution in [2.75, 3.05) is 0 Å². The molecule has 0 spiro atoms. The van der Waals surface area contributed by atoms with E-state index in [1.54, 1.807) is 11.3 Å². The SMILES string of the molecule is Clc1cscc1COc1ccc(Br)cc1. The number of rotatable bonds is 3. The molecule has 2 rings (SSSR count).